The molecule has 24 heavy (non-hydrogen) atoms. The molecule has 1 aromatic heterocycles. The molecule has 1 aromatic carbocycles. The summed E-state index contributed by atoms with van der Waals surface area (Å²) >= 11 is 0. The van der Waals surface area contributed by atoms with Crippen molar-refractivity contribution in [2.45, 2.75) is 6.04 Å². The van der Waals surface area contributed by atoms with Crippen molar-refractivity contribution in [1.82, 2.24) is 14.6 Å². The van der Waals surface area contributed by atoms with Crippen LogP contribution in [0.2, 0.25) is 0 Å². The first-order chi connectivity index (χ1) is 11.4. The molecular weight excluding hydrogens is 330 g/mol. The number of hydrogen-bond donors (Lipinski definition) is 2. The first kappa shape index (κ1) is 16.9. The van der Waals surface area contributed by atoms with E-state index in [1.807, 2.05) is 24.3 Å². The van der Waals surface area contributed by atoms with Crippen LogP contribution >= 0.6 is 0 Å². The highest BCUT2D eigenvalue weighted by molar-refractivity contribution is 7.89. The maximum Gasteiger partial charge on any atom is 0.253 e. The van der Waals surface area contributed by atoms with Gasteiger partial charge >= 0.3 is 0 Å². The van der Waals surface area contributed by atoms with Gasteiger partial charge in [-0.15, -0.1) is 0 Å². The molecular formula is C16H21N3O4S. The van der Waals surface area contributed by atoms with E-state index in [-0.39, 0.29) is 23.6 Å². The molecule has 0 spiro atoms. The second-order valence-corrected chi connectivity index (χ2v) is 8.41. The fourth-order valence-corrected chi connectivity index (χ4v) is 4.02. The fraction of sp³-hybridized carbons (Fsp3) is 0.438. The summed E-state index contributed by atoms with van der Waals surface area (Å²) in [6.07, 6.45) is 1.67. The Morgan fingerprint density at radius 1 is 1.33 bits per heavy atom. The number of carbonyl (C=O) groups excluding carboxylic acids is 1. The second-order valence-electron chi connectivity index (χ2n) is 6.19. The molecule has 2 atom stereocenters. The van der Waals surface area contributed by atoms with E-state index in [9.17, 15) is 13.2 Å². The highest BCUT2D eigenvalue weighted by Crippen LogP contribution is 2.20. The Morgan fingerprint density at radius 3 is 2.83 bits per heavy atom. The van der Waals surface area contributed by atoms with Gasteiger partial charge in [0.25, 0.3) is 5.91 Å². The van der Waals surface area contributed by atoms with Crippen molar-refractivity contribution in [3.05, 3.63) is 36.0 Å². The molecule has 0 aliphatic carbocycles. The Kier molecular flexibility index (Phi) is 4.62. The topological polar surface area (TPSA) is 91.5 Å². The zero-order valence-corrected chi connectivity index (χ0v) is 14.5. The molecule has 8 heteroatoms. The summed E-state index contributed by atoms with van der Waals surface area (Å²) in [6, 6.07) is 7.23. The number of aromatic nitrogens is 1. The quantitative estimate of drug-likeness (QED) is 0.834. The second kappa shape index (κ2) is 6.54. The first-order valence-electron chi connectivity index (χ1n) is 7.73. The number of amides is 1. The monoisotopic (exact) mass is 351 g/mol. The summed E-state index contributed by atoms with van der Waals surface area (Å²) in [7, 11) is -0.334. The van der Waals surface area contributed by atoms with E-state index < -0.39 is 10.0 Å². The average molecular weight is 351 g/mol. The summed E-state index contributed by atoms with van der Waals surface area (Å²) in [6.45, 7) is 0.646. The van der Waals surface area contributed by atoms with Gasteiger partial charge in [0, 0.05) is 37.1 Å². The zero-order valence-electron chi connectivity index (χ0n) is 13.7. The Balaban J connectivity index is 1.74. The van der Waals surface area contributed by atoms with Crippen LogP contribution in [0.15, 0.2) is 30.5 Å². The smallest absolute Gasteiger partial charge is 0.253 e. The Bertz CT molecular complexity index is 844. The molecule has 1 amide bonds. The van der Waals surface area contributed by atoms with Gasteiger partial charge in [0.2, 0.25) is 10.0 Å². The normalized spacial score (nSPS) is 21.5. The third-order valence-corrected chi connectivity index (χ3v) is 6.29. The van der Waals surface area contributed by atoms with Gasteiger partial charge in [-0.1, -0.05) is 18.2 Å². The van der Waals surface area contributed by atoms with Gasteiger partial charge in [0.05, 0.1) is 30.6 Å². The minimum absolute atomic E-state index is 0.0428. The van der Waals surface area contributed by atoms with E-state index in [4.69, 9.17) is 4.74 Å². The number of nitrogens with zero attached hydrogens (tertiary/aromatic N) is 1. The van der Waals surface area contributed by atoms with E-state index in [1.165, 1.54) is 18.4 Å². The molecule has 0 saturated carbocycles. The molecule has 1 fully saturated rings. The molecule has 1 saturated heterocycles. The van der Waals surface area contributed by atoms with Crippen molar-refractivity contribution in [3.63, 3.8) is 0 Å². The van der Waals surface area contributed by atoms with Crippen molar-refractivity contribution < 1.29 is 17.9 Å². The third kappa shape index (κ3) is 3.31. The van der Waals surface area contributed by atoms with Crippen LogP contribution < -0.4 is 5.32 Å². The highest BCUT2D eigenvalue weighted by Gasteiger charge is 2.34. The average Bonchev–Trinajstić information content (AvgIpc) is 3.13. The standard InChI is InChI=1S/C16H21N3O4S/c1-19(2)24(21,22)10-11-8-23-9-15(11)18-16(20)13-7-17-14-6-4-3-5-12(13)14/h3-7,11,15,17H,8-10H2,1-2H3,(H,18,20)/t11-,15-/m0/s1. The number of nitrogens with one attached hydrogen (secondary N) is 2. The highest BCUT2D eigenvalue weighted by atomic mass is 32.2. The number of sulfonamides is 1. The van der Waals surface area contributed by atoms with Gasteiger partial charge < -0.3 is 15.0 Å². The summed E-state index contributed by atoms with van der Waals surface area (Å²) in [4.78, 5) is 15.6. The van der Waals surface area contributed by atoms with Crippen molar-refractivity contribution >= 4 is 26.8 Å². The van der Waals surface area contributed by atoms with Crippen LogP contribution in [0.5, 0.6) is 0 Å². The number of para-hydroxylation sites is 1. The van der Waals surface area contributed by atoms with Gasteiger partial charge in [0.1, 0.15) is 0 Å². The number of carbonyl (C=O) groups is 1. The van der Waals surface area contributed by atoms with Gasteiger partial charge in [-0.25, -0.2) is 12.7 Å². The number of benzene rings is 1. The molecule has 2 aromatic rings. The molecule has 130 valence electrons. The lowest BCUT2D eigenvalue weighted by Gasteiger charge is -2.20. The predicted molar refractivity (Wildman–Crippen MR) is 91.3 cm³/mol. The van der Waals surface area contributed by atoms with Crippen LogP contribution in [0, 0.1) is 5.92 Å². The zero-order chi connectivity index (χ0) is 17.3. The van der Waals surface area contributed by atoms with Crippen LogP contribution in [0.4, 0.5) is 0 Å². The summed E-state index contributed by atoms with van der Waals surface area (Å²) in [5.74, 6) is -0.527. The number of rotatable bonds is 5. The van der Waals surface area contributed by atoms with E-state index in [0.717, 1.165) is 10.9 Å². The maximum atomic E-state index is 12.6. The number of hydrogen-bond acceptors (Lipinski definition) is 4. The first-order valence-corrected chi connectivity index (χ1v) is 9.34. The Morgan fingerprint density at radius 2 is 2.08 bits per heavy atom. The minimum Gasteiger partial charge on any atom is -0.379 e. The summed E-state index contributed by atoms with van der Waals surface area (Å²) in [5, 5.41) is 3.76. The number of H-pyrrole nitrogens is 1. The van der Waals surface area contributed by atoms with Crippen molar-refractivity contribution in [2.24, 2.45) is 5.92 Å². The molecule has 3 rings (SSSR count). The van der Waals surface area contributed by atoms with Crippen LogP contribution in [0.1, 0.15) is 10.4 Å². The van der Waals surface area contributed by atoms with E-state index >= 15 is 0 Å². The van der Waals surface area contributed by atoms with Gasteiger partial charge in [0.15, 0.2) is 0 Å². The SMILES string of the molecule is CN(C)S(=O)(=O)C[C@@H]1COC[C@@H]1NC(=O)c1c[nH]c2ccccc12. The largest absolute Gasteiger partial charge is 0.379 e. The van der Waals surface area contributed by atoms with E-state index in [1.54, 1.807) is 6.20 Å². The lowest BCUT2D eigenvalue weighted by molar-refractivity contribution is 0.0927. The molecule has 2 heterocycles. The van der Waals surface area contributed by atoms with E-state index in [0.29, 0.717) is 18.8 Å². The molecule has 0 radical (unpaired) electrons. The molecule has 0 bridgehead atoms. The number of ether oxygens (including phenoxy) is 1. The Labute approximate surface area is 141 Å². The molecule has 2 N–H and O–H groups in total. The van der Waals surface area contributed by atoms with Crippen LogP contribution in [0.3, 0.4) is 0 Å². The van der Waals surface area contributed by atoms with Crippen molar-refractivity contribution in [3.8, 4) is 0 Å². The molecule has 1 aliphatic heterocycles. The molecule has 1 aliphatic rings. The maximum absolute atomic E-state index is 12.6. The van der Waals surface area contributed by atoms with Crippen LogP contribution in [-0.2, 0) is 14.8 Å². The van der Waals surface area contributed by atoms with Gasteiger partial charge in [-0.3, -0.25) is 4.79 Å². The van der Waals surface area contributed by atoms with Crippen molar-refractivity contribution in [1.29, 1.82) is 0 Å². The van der Waals surface area contributed by atoms with Crippen LogP contribution in [-0.4, -0.2) is 62.7 Å². The number of aromatic amines is 1. The fourth-order valence-electron chi connectivity index (χ4n) is 2.85. The summed E-state index contributed by atoms with van der Waals surface area (Å²) < 4.78 is 30.7. The minimum atomic E-state index is -3.34. The van der Waals surface area contributed by atoms with Gasteiger partial charge in [-0.05, 0) is 6.07 Å². The lowest BCUT2D eigenvalue weighted by atomic mass is 10.1. The molecule has 0 unspecified atom stereocenters. The van der Waals surface area contributed by atoms with E-state index in [2.05, 4.69) is 10.3 Å². The number of fused-ring (bicyclic) bond motifs is 1. The van der Waals surface area contributed by atoms with Crippen LogP contribution in [0.25, 0.3) is 10.9 Å². The van der Waals surface area contributed by atoms with Crippen molar-refractivity contribution in [2.75, 3.05) is 33.1 Å². The Hall–Kier alpha value is -1.90. The van der Waals surface area contributed by atoms with Gasteiger partial charge in [-0.2, -0.15) is 0 Å². The third-order valence-electron chi connectivity index (χ3n) is 4.33. The summed E-state index contributed by atoms with van der Waals surface area (Å²) in [5.41, 5.74) is 1.43. The predicted octanol–water partition coefficient (Wildman–Crippen LogP) is 0.804. The molecule has 7 nitrogen and oxygen atoms in total. The lowest BCUT2D eigenvalue weighted by Crippen LogP contribution is -2.43.